The molecule has 21 heavy (non-hydrogen) atoms. The number of benzene rings is 1. The molecule has 0 radical (unpaired) electrons. The van der Waals surface area contributed by atoms with Crippen LogP contribution in [0.15, 0.2) is 30.3 Å². The van der Waals surface area contributed by atoms with E-state index in [2.05, 4.69) is 17.4 Å². The molecule has 0 spiro atoms. The molecule has 0 saturated heterocycles. The summed E-state index contributed by atoms with van der Waals surface area (Å²) in [6.07, 6.45) is 1.68. The standard InChI is InChI=1S/C16H23NO3S/c1-3-16(4-2,15(19)20)17-14(18)12-21-11-10-13-8-6-5-7-9-13/h5-9H,3-4,10-12H2,1-2H3,(H,17,18)(H,19,20). The Morgan fingerprint density at radius 1 is 1.19 bits per heavy atom. The second-order valence-electron chi connectivity index (χ2n) is 4.93. The molecule has 0 aliphatic heterocycles. The lowest BCUT2D eigenvalue weighted by atomic mass is 9.93. The van der Waals surface area contributed by atoms with Gasteiger partial charge in [0.05, 0.1) is 5.75 Å². The summed E-state index contributed by atoms with van der Waals surface area (Å²) in [6, 6.07) is 10.1. The van der Waals surface area contributed by atoms with E-state index < -0.39 is 11.5 Å². The van der Waals surface area contributed by atoms with E-state index in [4.69, 9.17) is 0 Å². The third-order valence-electron chi connectivity index (χ3n) is 3.61. The molecule has 116 valence electrons. The third-order valence-corrected chi connectivity index (χ3v) is 4.57. The Morgan fingerprint density at radius 3 is 2.33 bits per heavy atom. The van der Waals surface area contributed by atoms with Gasteiger partial charge in [-0.25, -0.2) is 4.79 Å². The maximum absolute atomic E-state index is 11.9. The highest BCUT2D eigenvalue weighted by molar-refractivity contribution is 7.99. The number of aliphatic carboxylic acids is 1. The fraction of sp³-hybridized carbons (Fsp3) is 0.500. The van der Waals surface area contributed by atoms with Crippen molar-refractivity contribution in [1.82, 2.24) is 5.32 Å². The van der Waals surface area contributed by atoms with Crippen molar-refractivity contribution < 1.29 is 14.7 Å². The van der Waals surface area contributed by atoms with Crippen LogP contribution in [-0.2, 0) is 16.0 Å². The van der Waals surface area contributed by atoms with E-state index >= 15 is 0 Å². The number of rotatable bonds is 9. The van der Waals surface area contributed by atoms with Gasteiger partial charge in [0.25, 0.3) is 0 Å². The van der Waals surface area contributed by atoms with E-state index in [0.717, 1.165) is 12.2 Å². The highest BCUT2D eigenvalue weighted by Gasteiger charge is 2.36. The number of thioether (sulfide) groups is 1. The average Bonchev–Trinajstić information content (AvgIpc) is 2.50. The van der Waals surface area contributed by atoms with E-state index in [-0.39, 0.29) is 5.91 Å². The lowest BCUT2D eigenvalue weighted by Gasteiger charge is -2.27. The molecule has 1 rings (SSSR count). The van der Waals surface area contributed by atoms with Gasteiger partial charge >= 0.3 is 5.97 Å². The molecule has 0 fully saturated rings. The molecule has 1 aromatic carbocycles. The minimum absolute atomic E-state index is 0.209. The molecule has 0 bridgehead atoms. The molecule has 0 atom stereocenters. The number of nitrogens with one attached hydrogen (secondary N) is 1. The molecule has 5 heteroatoms. The van der Waals surface area contributed by atoms with E-state index in [1.54, 1.807) is 13.8 Å². The lowest BCUT2D eigenvalue weighted by molar-refractivity contribution is -0.147. The van der Waals surface area contributed by atoms with Crippen LogP contribution in [0, 0.1) is 0 Å². The summed E-state index contributed by atoms with van der Waals surface area (Å²) in [5, 5.41) is 11.9. The van der Waals surface area contributed by atoms with Crippen LogP contribution >= 0.6 is 11.8 Å². The highest BCUT2D eigenvalue weighted by Crippen LogP contribution is 2.16. The van der Waals surface area contributed by atoms with Gasteiger partial charge in [-0.05, 0) is 30.6 Å². The number of carbonyl (C=O) groups excluding carboxylic acids is 1. The van der Waals surface area contributed by atoms with Gasteiger partial charge in [0.15, 0.2) is 0 Å². The smallest absolute Gasteiger partial charge is 0.329 e. The van der Waals surface area contributed by atoms with Crippen molar-refractivity contribution >= 4 is 23.6 Å². The molecule has 1 aromatic rings. The number of carboxylic acid groups (broad SMARTS) is 1. The molecule has 1 amide bonds. The Morgan fingerprint density at radius 2 is 1.81 bits per heavy atom. The van der Waals surface area contributed by atoms with E-state index in [0.29, 0.717) is 18.6 Å². The number of hydrogen-bond donors (Lipinski definition) is 2. The van der Waals surface area contributed by atoms with Crippen LogP contribution in [-0.4, -0.2) is 34.0 Å². The molecule has 0 unspecified atom stereocenters. The predicted molar refractivity (Wildman–Crippen MR) is 86.6 cm³/mol. The summed E-state index contributed by atoms with van der Waals surface area (Å²) in [5.41, 5.74) is 0.115. The van der Waals surface area contributed by atoms with Crippen LogP contribution in [0.2, 0.25) is 0 Å². The predicted octanol–water partition coefficient (Wildman–Crippen LogP) is 2.72. The zero-order valence-corrected chi connectivity index (χ0v) is 13.4. The monoisotopic (exact) mass is 309 g/mol. The number of hydrogen-bond acceptors (Lipinski definition) is 3. The van der Waals surface area contributed by atoms with Gasteiger partial charge in [0, 0.05) is 0 Å². The third kappa shape index (κ3) is 5.42. The first-order valence-electron chi connectivity index (χ1n) is 7.20. The number of aryl methyl sites for hydroxylation is 1. The summed E-state index contributed by atoms with van der Waals surface area (Å²) < 4.78 is 0. The van der Waals surface area contributed by atoms with Crippen LogP contribution < -0.4 is 5.32 Å². The first kappa shape index (κ1) is 17.6. The van der Waals surface area contributed by atoms with Crippen LogP contribution in [0.25, 0.3) is 0 Å². The molecule has 0 aliphatic carbocycles. The van der Waals surface area contributed by atoms with E-state index in [9.17, 15) is 14.7 Å². The van der Waals surface area contributed by atoms with E-state index in [1.807, 2.05) is 18.2 Å². The van der Waals surface area contributed by atoms with Crippen molar-refractivity contribution in [2.75, 3.05) is 11.5 Å². The topological polar surface area (TPSA) is 66.4 Å². The molecular weight excluding hydrogens is 286 g/mol. The maximum atomic E-state index is 11.9. The average molecular weight is 309 g/mol. The summed E-state index contributed by atoms with van der Waals surface area (Å²) in [5.74, 6) is -0.0354. The Kier molecular flexibility index (Phi) is 7.29. The molecule has 0 aromatic heterocycles. The Hall–Kier alpha value is -1.49. The number of carboxylic acids is 1. The summed E-state index contributed by atoms with van der Waals surface area (Å²) >= 11 is 1.52. The van der Waals surface area contributed by atoms with Crippen molar-refractivity contribution in [2.24, 2.45) is 0 Å². The van der Waals surface area contributed by atoms with Gasteiger partial charge < -0.3 is 10.4 Å². The van der Waals surface area contributed by atoms with Gasteiger partial charge in [-0.2, -0.15) is 11.8 Å². The van der Waals surface area contributed by atoms with Crippen LogP contribution in [0.1, 0.15) is 32.3 Å². The van der Waals surface area contributed by atoms with Crippen molar-refractivity contribution in [1.29, 1.82) is 0 Å². The van der Waals surface area contributed by atoms with Gasteiger partial charge in [0.2, 0.25) is 5.91 Å². The highest BCUT2D eigenvalue weighted by atomic mass is 32.2. The fourth-order valence-corrected chi connectivity index (χ4v) is 2.87. The zero-order chi connectivity index (χ0) is 15.7. The fourth-order valence-electron chi connectivity index (χ4n) is 2.09. The summed E-state index contributed by atoms with van der Waals surface area (Å²) in [7, 11) is 0. The Balaban J connectivity index is 2.35. The largest absolute Gasteiger partial charge is 0.480 e. The molecule has 0 saturated carbocycles. The van der Waals surface area contributed by atoms with Gasteiger partial charge in [-0.1, -0.05) is 44.2 Å². The first-order chi connectivity index (χ1) is 10.0. The van der Waals surface area contributed by atoms with Gasteiger partial charge in [0.1, 0.15) is 5.54 Å². The molecule has 4 nitrogen and oxygen atoms in total. The Bertz CT molecular complexity index is 458. The van der Waals surface area contributed by atoms with Crippen molar-refractivity contribution in [3.63, 3.8) is 0 Å². The normalized spacial score (nSPS) is 11.1. The number of carbonyl (C=O) groups is 2. The van der Waals surface area contributed by atoms with Crippen LogP contribution in [0.3, 0.4) is 0 Å². The summed E-state index contributed by atoms with van der Waals surface area (Å²) in [4.78, 5) is 23.2. The summed E-state index contributed by atoms with van der Waals surface area (Å²) in [6.45, 7) is 3.56. The first-order valence-corrected chi connectivity index (χ1v) is 8.35. The zero-order valence-electron chi connectivity index (χ0n) is 12.6. The SMILES string of the molecule is CCC(CC)(NC(=O)CSCCc1ccccc1)C(=O)O. The number of amides is 1. The molecule has 0 heterocycles. The van der Waals surface area contributed by atoms with Crippen molar-refractivity contribution in [3.05, 3.63) is 35.9 Å². The van der Waals surface area contributed by atoms with Crippen molar-refractivity contribution in [2.45, 2.75) is 38.6 Å². The van der Waals surface area contributed by atoms with Crippen LogP contribution in [0.5, 0.6) is 0 Å². The maximum Gasteiger partial charge on any atom is 0.329 e. The van der Waals surface area contributed by atoms with Gasteiger partial charge in [-0.3, -0.25) is 4.79 Å². The molecular formula is C16H23NO3S. The minimum Gasteiger partial charge on any atom is -0.480 e. The molecule has 2 N–H and O–H groups in total. The van der Waals surface area contributed by atoms with E-state index in [1.165, 1.54) is 17.3 Å². The molecule has 0 aliphatic rings. The quantitative estimate of drug-likeness (QED) is 0.688. The second kappa shape index (κ2) is 8.72. The lowest BCUT2D eigenvalue weighted by Crippen LogP contribution is -2.54. The van der Waals surface area contributed by atoms with Crippen LogP contribution in [0.4, 0.5) is 0 Å². The second-order valence-corrected chi connectivity index (χ2v) is 6.04. The van der Waals surface area contributed by atoms with Crippen molar-refractivity contribution in [3.8, 4) is 0 Å². The minimum atomic E-state index is -1.13. The Labute approximate surface area is 130 Å². The van der Waals surface area contributed by atoms with Gasteiger partial charge in [-0.15, -0.1) is 0 Å².